The van der Waals surface area contributed by atoms with E-state index in [1.54, 1.807) is 0 Å². The molecule has 2 rings (SSSR count). The maximum atomic E-state index is 11.8. The topological polar surface area (TPSA) is 84.9 Å². The average Bonchev–Trinajstić information content (AvgIpc) is 2.41. The number of anilines is 1. The van der Waals surface area contributed by atoms with Crippen LogP contribution in [-0.2, 0) is 14.3 Å². The first-order valence-corrected chi connectivity index (χ1v) is 5.99. The van der Waals surface area contributed by atoms with Crippen LogP contribution in [0, 0.1) is 0 Å². The van der Waals surface area contributed by atoms with E-state index in [9.17, 15) is 9.59 Å². The van der Waals surface area contributed by atoms with Crippen molar-refractivity contribution >= 4 is 29.2 Å². The Morgan fingerprint density at radius 3 is 2.74 bits per heavy atom. The molecule has 19 heavy (non-hydrogen) atoms. The summed E-state index contributed by atoms with van der Waals surface area (Å²) in [6, 6.07) is 4.08. The number of carbonyl (C=O) groups is 2. The maximum Gasteiger partial charge on any atom is 0.335 e. The standard InChI is InChI=1S/C12H12ClNO5/c13-8-5-7(12(16)17)1-2-9(8)14-11(15)10-6-18-3-4-19-10/h1-2,5,10H,3-4,6H2,(H,14,15)(H,16,17). The van der Waals surface area contributed by atoms with E-state index in [0.717, 1.165) is 0 Å². The van der Waals surface area contributed by atoms with E-state index < -0.39 is 12.1 Å². The molecule has 1 aromatic carbocycles. The molecular weight excluding hydrogens is 274 g/mol. The van der Waals surface area contributed by atoms with Crippen molar-refractivity contribution in [3.63, 3.8) is 0 Å². The molecule has 1 heterocycles. The quantitative estimate of drug-likeness (QED) is 0.877. The summed E-state index contributed by atoms with van der Waals surface area (Å²) >= 11 is 5.91. The minimum absolute atomic E-state index is 0.0558. The highest BCUT2D eigenvalue weighted by molar-refractivity contribution is 6.34. The van der Waals surface area contributed by atoms with Crippen molar-refractivity contribution in [3.05, 3.63) is 28.8 Å². The van der Waals surface area contributed by atoms with Gasteiger partial charge in [-0.05, 0) is 18.2 Å². The van der Waals surface area contributed by atoms with Crippen molar-refractivity contribution in [2.45, 2.75) is 6.10 Å². The monoisotopic (exact) mass is 285 g/mol. The summed E-state index contributed by atoms with van der Waals surface area (Å²) in [4.78, 5) is 22.6. The van der Waals surface area contributed by atoms with Crippen LogP contribution in [-0.4, -0.2) is 42.9 Å². The van der Waals surface area contributed by atoms with Crippen LogP contribution in [0.5, 0.6) is 0 Å². The number of amides is 1. The number of carboxylic acid groups (broad SMARTS) is 1. The van der Waals surface area contributed by atoms with Gasteiger partial charge in [0, 0.05) is 0 Å². The van der Waals surface area contributed by atoms with E-state index in [4.69, 9.17) is 26.2 Å². The molecule has 1 fully saturated rings. The number of hydrogen-bond acceptors (Lipinski definition) is 4. The minimum Gasteiger partial charge on any atom is -0.478 e. The Bertz CT molecular complexity index is 499. The largest absolute Gasteiger partial charge is 0.478 e. The van der Waals surface area contributed by atoms with Crippen LogP contribution in [0.25, 0.3) is 0 Å². The summed E-state index contributed by atoms with van der Waals surface area (Å²) in [7, 11) is 0. The summed E-state index contributed by atoms with van der Waals surface area (Å²) in [6.07, 6.45) is -0.677. The Labute approximate surface area is 114 Å². The van der Waals surface area contributed by atoms with Gasteiger partial charge in [-0.1, -0.05) is 11.6 Å². The molecule has 0 bridgehead atoms. The van der Waals surface area contributed by atoms with E-state index >= 15 is 0 Å². The van der Waals surface area contributed by atoms with Gasteiger partial charge in [-0.15, -0.1) is 0 Å². The predicted molar refractivity (Wildman–Crippen MR) is 67.6 cm³/mol. The Balaban J connectivity index is 2.06. The van der Waals surface area contributed by atoms with E-state index in [0.29, 0.717) is 18.9 Å². The van der Waals surface area contributed by atoms with Crippen LogP contribution >= 0.6 is 11.6 Å². The van der Waals surface area contributed by atoms with Crippen LogP contribution in [0.2, 0.25) is 5.02 Å². The smallest absolute Gasteiger partial charge is 0.335 e. The number of carbonyl (C=O) groups excluding carboxylic acids is 1. The Hall–Kier alpha value is -1.63. The molecule has 0 spiro atoms. The van der Waals surface area contributed by atoms with Crippen molar-refractivity contribution < 1.29 is 24.2 Å². The molecule has 6 nitrogen and oxygen atoms in total. The van der Waals surface area contributed by atoms with Gasteiger partial charge in [0.2, 0.25) is 0 Å². The minimum atomic E-state index is -1.08. The maximum absolute atomic E-state index is 11.8. The lowest BCUT2D eigenvalue weighted by atomic mass is 10.2. The first kappa shape index (κ1) is 13.8. The summed E-state index contributed by atoms with van der Waals surface area (Å²) in [6.45, 7) is 1.03. The highest BCUT2D eigenvalue weighted by atomic mass is 35.5. The fourth-order valence-corrected chi connectivity index (χ4v) is 1.83. The third kappa shape index (κ3) is 3.44. The van der Waals surface area contributed by atoms with E-state index in [1.807, 2.05) is 0 Å². The number of benzene rings is 1. The SMILES string of the molecule is O=C(O)c1ccc(NC(=O)C2COCCO2)c(Cl)c1. The molecule has 1 amide bonds. The molecule has 102 valence electrons. The lowest BCUT2D eigenvalue weighted by molar-refractivity contribution is -0.142. The number of hydrogen-bond donors (Lipinski definition) is 2. The lowest BCUT2D eigenvalue weighted by Crippen LogP contribution is -2.39. The number of halogens is 1. The van der Waals surface area contributed by atoms with Gasteiger partial charge < -0.3 is 19.9 Å². The normalized spacial score (nSPS) is 18.9. The summed E-state index contributed by atoms with van der Waals surface area (Å²) in [5.41, 5.74) is 0.395. The molecule has 0 aliphatic carbocycles. The van der Waals surface area contributed by atoms with Gasteiger partial charge in [0.05, 0.1) is 36.1 Å². The second kappa shape index (κ2) is 6.01. The zero-order valence-electron chi connectivity index (χ0n) is 9.89. The lowest BCUT2D eigenvalue weighted by Gasteiger charge is -2.22. The van der Waals surface area contributed by atoms with Gasteiger partial charge in [0.25, 0.3) is 5.91 Å². The highest BCUT2D eigenvalue weighted by Crippen LogP contribution is 2.23. The van der Waals surface area contributed by atoms with Crippen LogP contribution in [0.1, 0.15) is 10.4 Å². The van der Waals surface area contributed by atoms with Crippen molar-refractivity contribution in [1.29, 1.82) is 0 Å². The van der Waals surface area contributed by atoms with Crippen LogP contribution in [0.4, 0.5) is 5.69 Å². The Kier molecular flexibility index (Phi) is 4.36. The predicted octanol–water partition coefficient (Wildman–Crippen LogP) is 1.39. The van der Waals surface area contributed by atoms with Crippen LogP contribution in [0.15, 0.2) is 18.2 Å². The average molecular weight is 286 g/mol. The van der Waals surface area contributed by atoms with Gasteiger partial charge in [-0.25, -0.2) is 4.79 Å². The van der Waals surface area contributed by atoms with Crippen LogP contribution < -0.4 is 5.32 Å². The first-order chi connectivity index (χ1) is 9.08. The number of carboxylic acids is 1. The van der Waals surface area contributed by atoms with Gasteiger partial charge in [0.15, 0.2) is 6.10 Å². The van der Waals surface area contributed by atoms with Crippen molar-refractivity contribution in [2.24, 2.45) is 0 Å². The third-order valence-corrected chi connectivity index (χ3v) is 2.89. The summed E-state index contributed by atoms with van der Waals surface area (Å²) < 4.78 is 10.4. The molecule has 1 unspecified atom stereocenters. The molecule has 1 saturated heterocycles. The molecule has 1 atom stereocenters. The Morgan fingerprint density at radius 2 is 2.16 bits per heavy atom. The molecule has 0 saturated carbocycles. The number of nitrogens with one attached hydrogen (secondary N) is 1. The fraction of sp³-hybridized carbons (Fsp3) is 0.333. The van der Waals surface area contributed by atoms with Gasteiger partial charge in [0.1, 0.15) is 0 Å². The second-order valence-corrected chi connectivity index (χ2v) is 4.33. The van der Waals surface area contributed by atoms with Crippen molar-refractivity contribution in [2.75, 3.05) is 25.1 Å². The fourth-order valence-electron chi connectivity index (χ4n) is 1.60. The molecule has 0 radical (unpaired) electrons. The zero-order chi connectivity index (χ0) is 13.8. The molecule has 1 aliphatic rings. The van der Waals surface area contributed by atoms with Crippen molar-refractivity contribution in [1.82, 2.24) is 0 Å². The molecule has 1 aromatic rings. The Morgan fingerprint density at radius 1 is 1.37 bits per heavy atom. The molecular formula is C12H12ClNO5. The first-order valence-electron chi connectivity index (χ1n) is 5.61. The number of aromatic carboxylic acids is 1. The van der Waals surface area contributed by atoms with Gasteiger partial charge >= 0.3 is 5.97 Å². The van der Waals surface area contributed by atoms with Gasteiger partial charge in [-0.2, -0.15) is 0 Å². The highest BCUT2D eigenvalue weighted by Gasteiger charge is 2.23. The van der Waals surface area contributed by atoms with Gasteiger partial charge in [-0.3, -0.25) is 4.79 Å². The number of ether oxygens (including phenoxy) is 2. The molecule has 2 N–H and O–H groups in total. The van der Waals surface area contributed by atoms with E-state index in [-0.39, 0.29) is 23.1 Å². The van der Waals surface area contributed by atoms with E-state index in [1.165, 1.54) is 18.2 Å². The molecule has 0 aromatic heterocycles. The van der Waals surface area contributed by atoms with Crippen LogP contribution in [0.3, 0.4) is 0 Å². The molecule has 7 heteroatoms. The third-order valence-electron chi connectivity index (χ3n) is 2.58. The second-order valence-electron chi connectivity index (χ2n) is 3.92. The number of rotatable bonds is 3. The zero-order valence-corrected chi connectivity index (χ0v) is 10.6. The van der Waals surface area contributed by atoms with Crippen molar-refractivity contribution in [3.8, 4) is 0 Å². The van der Waals surface area contributed by atoms with E-state index in [2.05, 4.69) is 5.32 Å². The summed E-state index contributed by atoms with van der Waals surface area (Å²) in [5, 5.41) is 11.5. The summed E-state index contributed by atoms with van der Waals surface area (Å²) in [5.74, 6) is -1.45. The molecule has 1 aliphatic heterocycles.